The predicted octanol–water partition coefficient (Wildman–Crippen LogP) is 4.83. The maximum atomic E-state index is 12.8. The van der Waals surface area contributed by atoms with Gasteiger partial charge in [0.05, 0.1) is 24.4 Å². The number of benzene rings is 3. The molecule has 0 saturated heterocycles. The van der Waals surface area contributed by atoms with Crippen molar-refractivity contribution in [1.29, 1.82) is 0 Å². The summed E-state index contributed by atoms with van der Waals surface area (Å²) in [5, 5.41) is 8.44. The molecule has 0 aliphatic rings. The summed E-state index contributed by atoms with van der Waals surface area (Å²) in [7, 11) is 1.56. The number of para-hydroxylation sites is 1. The summed E-state index contributed by atoms with van der Waals surface area (Å²) in [5.74, 6) is 0.371. The van der Waals surface area contributed by atoms with E-state index >= 15 is 0 Å². The highest BCUT2D eigenvalue weighted by molar-refractivity contribution is 6.06. The summed E-state index contributed by atoms with van der Waals surface area (Å²) in [5.41, 5.74) is 2.39. The van der Waals surface area contributed by atoms with E-state index in [0.717, 1.165) is 5.56 Å². The van der Waals surface area contributed by atoms with Crippen LogP contribution in [0, 0.1) is 0 Å². The van der Waals surface area contributed by atoms with Crippen LogP contribution in [0.1, 0.15) is 28.9 Å². The van der Waals surface area contributed by atoms with Gasteiger partial charge in [0.25, 0.3) is 5.91 Å². The Hall–Kier alpha value is -3.80. The minimum atomic E-state index is -0.449. The first kappa shape index (κ1) is 19.9. The van der Waals surface area contributed by atoms with Gasteiger partial charge < -0.3 is 20.7 Å². The van der Waals surface area contributed by atoms with Gasteiger partial charge in [-0.3, -0.25) is 4.79 Å². The van der Waals surface area contributed by atoms with E-state index in [-0.39, 0.29) is 11.9 Å². The Labute approximate surface area is 169 Å². The van der Waals surface area contributed by atoms with Gasteiger partial charge in [-0.1, -0.05) is 48.5 Å². The van der Waals surface area contributed by atoms with Gasteiger partial charge in [0, 0.05) is 11.8 Å². The number of ether oxygens (including phenoxy) is 1. The molecule has 29 heavy (non-hydrogen) atoms. The lowest BCUT2D eigenvalue weighted by Gasteiger charge is -2.16. The zero-order valence-electron chi connectivity index (χ0n) is 16.3. The third kappa shape index (κ3) is 5.35. The number of urea groups is 1. The lowest BCUT2D eigenvalue weighted by atomic mass is 10.1. The fourth-order valence-corrected chi connectivity index (χ4v) is 2.88. The Kier molecular flexibility index (Phi) is 6.47. The molecule has 0 aliphatic carbocycles. The minimum Gasteiger partial charge on any atom is -0.497 e. The summed E-state index contributed by atoms with van der Waals surface area (Å²) in [6, 6.07) is 23.0. The second-order valence-electron chi connectivity index (χ2n) is 6.46. The van der Waals surface area contributed by atoms with Crippen molar-refractivity contribution in [3.8, 4) is 5.75 Å². The van der Waals surface area contributed by atoms with Crippen LogP contribution in [-0.2, 0) is 0 Å². The van der Waals surface area contributed by atoms with Gasteiger partial charge in [0.2, 0.25) is 0 Å². The summed E-state index contributed by atoms with van der Waals surface area (Å²) < 4.78 is 5.15. The number of rotatable bonds is 6. The number of methoxy groups -OCH3 is 1. The third-order valence-electron chi connectivity index (χ3n) is 4.39. The Balaban J connectivity index is 1.69. The lowest BCUT2D eigenvalue weighted by molar-refractivity contribution is 0.0941. The average molecular weight is 389 g/mol. The molecule has 0 heterocycles. The number of carbonyl (C=O) groups is 2. The van der Waals surface area contributed by atoms with E-state index in [0.29, 0.717) is 22.7 Å². The van der Waals surface area contributed by atoms with E-state index in [1.54, 1.807) is 55.6 Å². The fourth-order valence-electron chi connectivity index (χ4n) is 2.88. The van der Waals surface area contributed by atoms with Crippen LogP contribution < -0.4 is 20.7 Å². The molecule has 1 atom stereocenters. The average Bonchev–Trinajstić information content (AvgIpc) is 2.74. The molecule has 0 unspecified atom stereocenters. The van der Waals surface area contributed by atoms with Crippen LogP contribution in [0.5, 0.6) is 5.75 Å². The van der Waals surface area contributed by atoms with Crippen molar-refractivity contribution in [3.05, 3.63) is 90.0 Å². The topological polar surface area (TPSA) is 79.5 Å². The molecule has 3 amide bonds. The summed E-state index contributed by atoms with van der Waals surface area (Å²) in [6.45, 7) is 1.92. The van der Waals surface area contributed by atoms with Crippen LogP contribution in [0.3, 0.4) is 0 Å². The number of hydrogen-bond acceptors (Lipinski definition) is 3. The predicted molar refractivity (Wildman–Crippen MR) is 114 cm³/mol. The molecule has 0 spiro atoms. The van der Waals surface area contributed by atoms with Crippen molar-refractivity contribution in [1.82, 2.24) is 5.32 Å². The van der Waals surface area contributed by atoms with E-state index in [1.807, 2.05) is 37.3 Å². The second kappa shape index (κ2) is 9.41. The zero-order chi connectivity index (χ0) is 20.6. The van der Waals surface area contributed by atoms with Crippen molar-refractivity contribution in [3.63, 3.8) is 0 Å². The minimum absolute atomic E-state index is 0.164. The van der Waals surface area contributed by atoms with E-state index < -0.39 is 6.03 Å². The normalized spacial score (nSPS) is 11.2. The molecule has 0 saturated carbocycles. The smallest absolute Gasteiger partial charge is 0.323 e. The molecule has 6 heteroatoms. The second-order valence-corrected chi connectivity index (χ2v) is 6.46. The number of hydrogen-bond donors (Lipinski definition) is 3. The molecular weight excluding hydrogens is 366 g/mol. The van der Waals surface area contributed by atoms with Crippen LogP contribution >= 0.6 is 0 Å². The van der Waals surface area contributed by atoms with Crippen LogP contribution in [-0.4, -0.2) is 19.0 Å². The van der Waals surface area contributed by atoms with Gasteiger partial charge in [-0.25, -0.2) is 4.79 Å². The first-order valence-electron chi connectivity index (χ1n) is 9.23. The van der Waals surface area contributed by atoms with Crippen molar-refractivity contribution in [2.75, 3.05) is 17.7 Å². The van der Waals surface area contributed by atoms with Gasteiger partial charge in [0.15, 0.2) is 0 Å². The number of carbonyl (C=O) groups excluding carboxylic acids is 2. The Bertz CT molecular complexity index is 989. The number of nitrogens with one attached hydrogen (secondary N) is 3. The van der Waals surface area contributed by atoms with Crippen molar-refractivity contribution < 1.29 is 14.3 Å². The van der Waals surface area contributed by atoms with Gasteiger partial charge in [0.1, 0.15) is 5.75 Å². The van der Waals surface area contributed by atoms with E-state index in [2.05, 4.69) is 16.0 Å². The van der Waals surface area contributed by atoms with Crippen molar-refractivity contribution >= 4 is 23.3 Å². The van der Waals surface area contributed by atoms with E-state index in [1.165, 1.54) is 0 Å². The molecule has 0 aromatic heterocycles. The highest BCUT2D eigenvalue weighted by atomic mass is 16.5. The number of anilines is 2. The lowest BCUT2D eigenvalue weighted by Crippen LogP contribution is -2.28. The largest absolute Gasteiger partial charge is 0.497 e. The van der Waals surface area contributed by atoms with Crippen molar-refractivity contribution in [2.24, 2.45) is 0 Å². The maximum absolute atomic E-state index is 12.8. The van der Waals surface area contributed by atoms with Crippen molar-refractivity contribution in [2.45, 2.75) is 13.0 Å². The molecule has 3 aromatic carbocycles. The Morgan fingerprint density at radius 3 is 2.34 bits per heavy atom. The zero-order valence-corrected chi connectivity index (χ0v) is 16.3. The summed E-state index contributed by atoms with van der Waals surface area (Å²) >= 11 is 0. The number of amides is 3. The highest BCUT2D eigenvalue weighted by Gasteiger charge is 2.16. The maximum Gasteiger partial charge on any atom is 0.323 e. The van der Waals surface area contributed by atoms with E-state index in [9.17, 15) is 9.59 Å². The molecule has 148 valence electrons. The van der Waals surface area contributed by atoms with Gasteiger partial charge in [-0.15, -0.1) is 0 Å². The molecule has 3 N–H and O–H groups in total. The summed E-state index contributed by atoms with van der Waals surface area (Å²) in [6.07, 6.45) is 0. The van der Waals surface area contributed by atoms with Crippen LogP contribution in [0.15, 0.2) is 78.9 Å². The molecule has 0 bridgehead atoms. The fraction of sp³-hybridized carbons (Fsp3) is 0.130. The van der Waals surface area contributed by atoms with Crippen LogP contribution in [0.4, 0.5) is 16.2 Å². The van der Waals surface area contributed by atoms with E-state index in [4.69, 9.17) is 4.74 Å². The third-order valence-corrected chi connectivity index (χ3v) is 4.39. The molecular formula is C23H23N3O3. The highest BCUT2D eigenvalue weighted by Crippen LogP contribution is 2.20. The Morgan fingerprint density at radius 1 is 0.862 bits per heavy atom. The Morgan fingerprint density at radius 2 is 1.59 bits per heavy atom. The van der Waals surface area contributed by atoms with Crippen LogP contribution in [0.2, 0.25) is 0 Å². The van der Waals surface area contributed by atoms with Crippen LogP contribution in [0.25, 0.3) is 0 Å². The van der Waals surface area contributed by atoms with Gasteiger partial charge in [-0.2, -0.15) is 0 Å². The standard InChI is InChI=1S/C23H23N3O3/c1-16(17-9-4-3-5-10-17)24-22(27)20-13-6-7-14-21(20)26-23(28)25-18-11-8-12-19(15-18)29-2/h3-16H,1-2H3,(H,24,27)(H2,25,26,28)/t16-/m0/s1. The summed E-state index contributed by atoms with van der Waals surface area (Å²) in [4.78, 5) is 25.2. The first-order valence-corrected chi connectivity index (χ1v) is 9.23. The monoisotopic (exact) mass is 389 g/mol. The molecule has 0 aliphatic heterocycles. The SMILES string of the molecule is COc1cccc(NC(=O)Nc2ccccc2C(=O)N[C@@H](C)c2ccccc2)c1. The quantitative estimate of drug-likeness (QED) is 0.565. The molecule has 0 radical (unpaired) electrons. The van der Waals surface area contributed by atoms with Gasteiger partial charge >= 0.3 is 6.03 Å². The molecule has 6 nitrogen and oxygen atoms in total. The first-order chi connectivity index (χ1) is 14.1. The molecule has 0 fully saturated rings. The molecule has 3 aromatic rings. The van der Waals surface area contributed by atoms with Gasteiger partial charge in [-0.05, 0) is 36.8 Å². The molecule has 3 rings (SSSR count).